The highest BCUT2D eigenvalue weighted by Crippen LogP contribution is 2.37. The Morgan fingerprint density at radius 3 is 2.91 bits per heavy atom. The Morgan fingerprint density at radius 1 is 1.52 bits per heavy atom. The van der Waals surface area contributed by atoms with Gasteiger partial charge in [-0.15, -0.1) is 11.3 Å². The van der Waals surface area contributed by atoms with Crippen LogP contribution in [0.4, 0.5) is 10.9 Å². The molecule has 2 aromatic rings. The maximum atomic E-state index is 6.30. The van der Waals surface area contributed by atoms with E-state index in [0.29, 0.717) is 27.5 Å². The van der Waals surface area contributed by atoms with E-state index in [1.54, 1.807) is 24.8 Å². The summed E-state index contributed by atoms with van der Waals surface area (Å²) in [6.45, 7) is 4.03. The van der Waals surface area contributed by atoms with Crippen LogP contribution in [0.15, 0.2) is 22.6 Å². The molecule has 0 aliphatic carbocycles. The third-order valence-corrected chi connectivity index (χ3v) is 4.09. The first-order valence-corrected chi connectivity index (χ1v) is 8.33. The van der Waals surface area contributed by atoms with Crippen LogP contribution in [-0.2, 0) is 0 Å². The van der Waals surface area contributed by atoms with Crippen LogP contribution in [0.5, 0.6) is 11.5 Å². The van der Waals surface area contributed by atoms with E-state index >= 15 is 0 Å². The summed E-state index contributed by atoms with van der Waals surface area (Å²) in [4.78, 5) is 4.05. The summed E-state index contributed by atoms with van der Waals surface area (Å²) in [5.74, 6) is 1.57. The summed E-state index contributed by atoms with van der Waals surface area (Å²) in [5.41, 5.74) is 9.13. The molecule has 2 rings (SSSR count). The first-order valence-electron chi connectivity index (χ1n) is 7.07. The lowest BCUT2D eigenvalue weighted by Crippen LogP contribution is -2.11. The number of methoxy groups -OCH3 is 1. The van der Waals surface area contributed by atoms with E-state index in [9.17, 15) is 0 Å². The lowest BCUT2D eigenvalue weighted by atomic mass is 10.2. The number of nitrogens with one attached hydrogen (secondary N) is 1. The molecule has 1 aromatic carbocycles. The minimum Gasteiger partial charge on any atom is -0.493 e. The van der Waals surface area contributed by atoms with Crippen LogP contribution in [-0.4, -0.2) is 24.4 Å². The van der Waals surface area contributed by atoms with Crippen LogP contribution in [0, 0.1) is 0 Å². The molecule has 0 radical (unpaired) electrons. The second kappa shape index (κ2) is 8.03. The van der Waals surface area contributed by atoms with Crippen LogP contribution in [0.1, 0.15) is 25.8 Å². The van der Waals surface area contributed by atoms with Crippen molar-refractivity contribution in [2.75, 3.05) is 18.3 Å². The standard InChI is InChI=1S/C15H19ClN4O2S/c1-4-9(2)22-14-11(16)5-10(6-12(14)21-3)7-18-20-15-19-13(17)8-23-15/h5-9H,4,17H2,1-3H3,(H,19,20). The zero-order valence-electron chi connectivity index (χ0n) is 13.2. The summed E-state index contributed by atoms with van der Waals surface area (Å²) in [7, 11) is 1.58. The number of rotatable bonds is 7. The van der Waals surface area contributed by atoms with Crippen LogP contribution in [0.3, 0.4) is 0 Å². The molecule has 0 bridgehead atoms. The molecule has 0 fully saturated rings. The number of hydrogen-bond donors (Lipinski definition) is 2. The van der Waals surface area contributed by atoms with Crippen molar-refractivity contribution in [3.63, 3.8) is 0 Å². The van der Waals surface area contributed by atoms with Crippen LogP contribution < -0.4 is 20.6 Å². The maximum Gasteiger partial charge on any atom is 0.205 e. The van der Waals surface area contributed by atoms with Gasteiger partial charge >= 0.3 is 0 Å². The fourth-order valence-electron chi connectivity index (χ4n) is 1.71. The Kier molecular flexibility index (Phi) is 6.06. The number of thiazole rings is 1. The molecule has 1 heterocycles. The Bertz CT molecular complexity index is 690. The minimum absolute atomic E-state index is 0.0537. The highest BCUT2D eigenvalue weighted by atomic mass is 35.5. The number of hydrogen-bond acceptors (Lipinski definition) is 7. The quantitative estimate of drug-likeness (QED) is 0.580. The van der Waals surface area contributed by atoms with E-state index in [1.807, 2.05) is 19.9 Å². The van der Waals surface area contributed by atoms with Crippen molar-refractivity contribution in [3.8, 4) is 11.5 Å². The minimum atomic E-state index is 0.0537. The van der Waals surface area contributed by atoms with E-state index in [-0.39, 0.29) is 6.10 Å². The third-order valence-electron chi connectivity index (χ3n) is 3.04. The van der Waals surface area contributed by atoms with Gasteiger partial charge in [-0.1, -0.05) is 18.5 Å². The molecule has 8 heteroatoms. The molecule has 0 aliphatic heterocycles. The van der Waals surface area contributed by atoms with Gasteiger partial charge in [-0.05, 0) is 31.0 Å². The molecule has 1 atom stereocenters. The number of ether oxygens (including phenoxy) is 2. The predicted octanol–water partition coefficient (Wildman–Crippen LogP) is 4.01. The molecule has 6 nitrogen and oxygen atoms in total. The van der Waals surface area contributed by atoms with E-state index in [4.69, 9.17) is 26.8 Å². The second-order valence-corrected chi connectivity index (χ2v) is 6.08. The Balaban J connectivity index is 2.15. The summed E-state index contributed by atoms with van der Waals surface area (Å²) in [5, 5.41) is 6.94. The fourth-order valence-corrected chi connectivity index (χ4v) is 2.52. The monoisotopic (exact) mass is 354 g/mol. The Labute approximate surface area is 144 Å². The third kappa shape index (κ3) is 4.74. The van der Waals surface area contributed by atoms with Gasteiger partial charge in [0.2, 0.25) is 5.13 Å². The molecule has 0 spiro atoms. The number of anilines is 2. The second-order valence-electron chi connectivity index (χ2n) is 4.82. The van der Waals surface area contributed by atoms with Gasteiger partial charge < -0.3 is 15.2 Å². The number of benzene rings is 1. The van der Waals surface area contributed by atoms with Crippen molar-refractivity contribution >= 4 is 40.1 Å². The largest absolute Gasteiger partial charge is 0.493 e. The van der Waals surface area contributed by atoms with Crippen molar-refractivity contribution in [1.29, 1.82) is 0 Å². The highest BCUT2D eigenvalue weighted by molar-refractivity contribution is 7.14. The molecule has 1 aromatic heterocycles. The number of nitrogen functional groups attached to an aromatic ring is 1. The molecule has 124 valence electrons. The first-order chi connectivity index (χ1) is 11.0. The van der Waals surface area contributed by atoms with Crippen molar-refractivity contribution in [2.24, 2.45) is 5.10 Å². The zero-order valence-corrected chi connectivity index (χ0v) is 14.7. The van der Waals surface area contributed by atoms with Crippen LogP contribution in [0.25, 0.3) is 0 Å². The SMILES string of the molecule is CCC(C)Oc1c(Cl)cc(C=NNc2nc(N)cs2)cc1OC. The molecule has 1 unspecified atom stereocenters. The molecule has 23 heavy (non-hydrogen) atoms. The molecular formula is C15H19ClN4O2S. The number of nitrogens with zero attached hydrogens (tertiary/aromatic N) is 2. The summed E-state index contributed by atoms with van der Waals surface area (Å²) in [6, 6.07) is 3.58. The lowest BCUT2D eigenvalue weighted by molar-refractivity contribution is 0.208. The summed E-state index contributed by atoms with van der Waals surface area (Å²) < 4.78 is 11.2. The normalized spacial score (nSPS) is 12.3. The van der Waals surface area contributed by atoms with Crippen LogP contribution >= 0.6 is 22.9 Å². The van der Waals surface area contributed by atoms with Crippen molar-refractivity contribution in [1.82, 2.24) is 4.98 Å². The van der Waals surface area contributed by atoms with E-state index in [0.717, 1.165) is 12.0 Å². The van der Waals surface area contributed by atoms with Gasteiger partial charge in [0.05, 0.1) is 24.5 Å². The summed E-state index contributed by atoms with van der Waals surface area (Å²) >= 11 is 7.68. The average molecular weight is 355 g/mol. The molecule has 0 aliphatic rings. The van der Waals surface area contributed by atoms with Crippen molar-refractivity contribution in [3.05, 3.63) is 28.1 Å². The number of halogens is 1. The smallest absolute Gasteiger partial charge is 0.205 e. The van der Waals surface area contributed by atoms with Gasteiger partial charge in [0.1, 0.15) is 5.82 Å². The zero-order chi connectivity index (χ0) is 16.8. The molecular weight excluding hydrogens is 336 g/mol. The van der Waals surface area contributed by atoms with E-state index in [2.05, 4.69) is 15.5 Å². The first kappa shape index (κ1) is 17.4. The Morgan fingerprint density at radius 2 is 2.30 bits per heavy atom. The van der Waals surface area contributed by atoms with E-state index in [1.165, 1.54) is 11.3 Å². The number of nitrogens with two attached hydrogens (primary N) is 1. The molecule has 0 saturated carbocycles. The van der Waals surface area contributed by atoms with Gasteiger partial charge in [0, 0.05) is 5.38 Å². The number of hydrazone groups is 1. The predicted molar refractivity (Wildman–Crippen MR) is 96.1 cm³/mol. The average Bonchev–Trinajstić information content (AvgIpc) is 2.94. The highest BCUT2D eigenvalue weighted by Gasteiger charge is 2.14. The topological polar surface area (TPSA) is 81.8 Å². The van der Waals surface area contributed by atoms with Crippen molar-refractivity contribution in [2.45, 2.75) is 26.4 Å². The number of aromatic nitrogens is 1. The Hall–Kier alpha value is -1.99. The van der Waals surface area contributed by atoms with Gasteiger partial charge in [-0.2, -0.15) is 5.10 Å². The van der Waals surface area contributed by atoms with Gasteiger partial charge in [0.25, 0.3) is 0 Å². The summed E-state index contributed by atoms with van der Waals surface area (Å²) in [6.07, 6.45) is 2.56. The van der Waals surface area contributed by atoms with Crippen molar-refractivity contribution < 1.29 is 9.47 Å². The molecule has 3 N–H and O–H groups in total. The molecule has 0 saturated heterocycles. The van der Waals surface area contributed by atoms with Gasteiger partial charge in [-0.3, -0.25) is 5.43 Å². The van der Waals surface area contributed by atoms with E-state index < -0.39 is 0 Å². The van der Waals surface area contributed by atoms with Crippen LogP contribution in [0.2, 0.25) is 5.02 Å². The molecule has 0 amide bonds. The fraction of sp³-hybridized carbons (Fsp3) is 0.333. The van der Waals surface area contributed by atoms with Gasteiger partial charge in [-0.25, -0.2) is 4.98 Å². The maximum absolute atomic E-state index is 6.30. The van der Waals surface area contributed by atoms with Gasteiger partial charge in [0.15, 0.2) is 11.5 Å². The lowest BCUT2D eigenvalue weighted by Gasteiger charge is -2.17.